The summed E-state index contributed by atoms with van der Waals surface area (Å²) >= 11 is 0. The summed E-state index contributed by atoms with van der Waals surface area (Å²) in [4.78, 5) is 21.8. The topological polar surface area (TPSA) is 147 Å². The second-order valence-corrected chi connectivity index (χ2v) is 4.04. The summed E-state index contributed by atoms with van der Waals surface area (Å²) in [5.74, 6) is -2.40. The molecule has 0 aliphatic carbocycles. The van der Waals surface area contributed by atoms with Crippen LogP contribution in [0.4, 0.5) is 0 Å². The Labute approximate surface area is 116 Å². The average Bonchev–Trinajstić information content (AvgIpc) is 2.39. The molecule has 0 saturated heterocycles. The highest BCUT2D eigenvalue weighted by Crippen LogP contribution is 2.10. The second kappa shape index (κ2) is 10.4. The van der Waals surface area contributed by atoms with Crippen LogP contribution in [0.3, 0.4) is 0 Å². The van der Waals surface area contributed by atoms with E-state index in [9.17, 15) is 9.59 Å². The summed E-state index contributed by atoms with van der Waals surface area (Å²) in [5.41, 5.74) is 0. The molecule has 0 rings (SSSR count). The van der Waals surface area contributed by atoms with E-state index in [-0.39, 0.29) is 25.7 Å². The highest BCUT2D eigenvalue weighted by Gasteiger charge is 2.20. The van der Waals surface area contributed by atoms with Crippen molar-refractivity contribution in [2.24, 2.45) is 10.2 Å². The van der Waals surface area contributed by atoms with E-state index in [1.165, 1.54) is 0 Å². The smallest absolute Gasteiger partial charge is 0.330 e. The van der Waals surface area contributed by atoms with Gasteiger partial charge in [0.25, 0.3) is 0 Å². The number of hydrogen-bond donors (Lipinski definition) is 2. The van der Waals surface area contributed by atoms with Crippen LogP contribution in [0.15, 0.2) is 10.2 Å². The van der Waals surface area contributed by atoms with Crippen molar-refractivity contribution in [3.8, 4) is 12.1 Å². The molecule has 0 aliphatic rings. The molecule has 0 aliphatic heterocycles. The van der Waals surface area contributed by atoms with Gasteiger partial charge in [-0.1, -0.05) is 0 Å². The molecule has 0 fully saturated rings. The molecule has 0 heterocycles. The molecule has 0 aromatic heterocycles. The molecule has 20 heavy (non-hydrogen) atoms. The van der Waals surface area contributed by atoms with Gasteiger partial charge >= 0.3 is 11.9 Å². The number of hydrogen-bond acceptors (Lipinski definition) is 6. The minimum Gasteiger partial charge on any atom is -0.480 e. The molecular formula is C12H16N4O4. The number of aliphatic carboxylic acids is 2. The molecule has 0 bridgehead atoms. The van der Waals surface area contributed by atoms with Gasteiger partial charge in [0.15, 0.2) is 12.1 Å². The first-order valence-corrected chi connectivity index (χ1v) is 6.12. The predicted octanol–water partition coefficient (Wildman–Crippen LogP) is 1.73. The van der Waals surface area contributed by atoms with E-state index in [0.29, 0.717) is 12.8 Å². The largest absolute Gasteiger partial charge is 0.480 e. The van der Waals surface area contributed by atoms with Crippen LogP contribution in [-0.4, -0.2) is 34.2 Å². The van der Waals surface area contributed by atoms with Gasteiger partial charge in [0.1, 0.15) is 0 Å². The zero-order chi connectivity index (χ0) is 15.4. The molecule has 0 aromatic carbocycles. The fraction of sp³-hybridized carbons (Fsp3) is 0.667. The zero-order valence-electron chi connectivity index (χ0n) is 10.9. The zero-order valence-corrected chi connectivity index (χ0v) is 10.9. The number of azo groups is 1. The second-order valence-electron chi connectivity index (χ2n) is 4.04. The van der Waals surface area contributed by atoms with Gasteiger partial charge in [0.05, 0.1) is 12.1 Å². The van der Waals surface area contributed by atoms with Crippen LogP contribution in [-0.2, 0) is 9.59 Å². The number of nitriles is 2. The van der Waals surface area contributed by atoms with Crippen LogP contribution in [0.2, 0.25) is 0 Å². The number of carboxylic acids is 2. The van der Waals surface area contributed by atoms with Crippen LogP contribution in [0.1, 0.15) is 38.5 Å². The molecule has 2 atom stereocenters. The first-order valence-electron chi connectivity index (χ1n) is 6.12. The van der Waals surface area contributed by atoms with E-state index in [1.807, 2.05) is 12.1 Å². The Morgan fingerprint density at radius 3 is 1.50 bits per heavy atom. The van der Waals surface area contributed by atoms with Crippen LogP contribution in [0.25, 0.3) is 0 Å². The molecule has 2 unspecified atom stereocenters. The Morgan fingerprint density at radius 1 is 0.900 bits per heavy atom. The maximum Gasteiger partial charge on any atom is 0.330 e. The van der Waals surface area contributed by atoms with Crippen molar-refractivity contribution in [1.29, 1.82) is 10.5 Å². The molecule has 0 saturated carbocycles. The highest BCUT2D eigenvalue weighted by atomic mass is 16.4. The Balaban J connectivity index is 4.54. The number of carbonyl (C=O) groups is 2. The van der Waals surface area contributed by atoms with Gasteiger partial charge in [-0.25, -0.2) is 9.59 Å². The molecule has 0 aromatic rings. The summed E-state index contributed by atoms with van der Waals surface area (Å²) < 4.78 is 0. The van der Waals surface area contributed by atoms with Crippen LogP contribution < -0.4 is 0 Å². The van der Waals surface area contributed by atoms with Crippen molar-refractivity contribution in [2.45, 2.75) is 50.6 Å². The molecule has 0 spiro atoms. The van der Waals surface area contributed by atoms with Crippen molar-refractivity contribution in [3.05, 3.63) is 0 Å². The number of unbranched alkanes of at least 4 members (excludes halogenated alkanes) is 2. The number of rotatable bonds is 10. The SMILES string of the molecule is N#CCCCC(N=NC(CCCC#N)C(=O)O)C(=O)O. The van der Waals surface area contributed by atoms with Gasteiger partial charge < -0.3 is 10.2 Å². The Morgan fingerprint density at radius 2 is 1.25 bits per heavy atom. The molecule has 8 nitrogen and oxygen atoms in total. The highest BCUT2D eigenvalue weighted by molar-refractivity contribution is 5.74. The Hall–Kier alpha value is -2.48. The van der Waals surface area contributed by atoms with Gasteiger partial charge in [-0.3, -0.25) is 0 Å². The third-order valence-corrected chi connectivity index (χ3v) is 2.45. The Kier molecular flexibility index (Phi) is 9.15. The minimum absolute atomic E-state index is 0.136. The minimum atomic E-state index is -1.20. The van der Waals surface area contributed by atoms with E-state index in [2.05, 4.69) is 10.2 Å². The van der Waals surface area contributed by atoms with Crippen molar-refractivity contribution in [1.82, 2.24) is 0 Å². The molecule has 108 valence electrons. The molecule has 0 radical (unpaired) electrons. The fourth-order valence-electron chi connectivity index (χ4n) is 1.37. The summed E-state index contributed by atoms with van der Waals surface area (Å²) in [6, 6.07) is 1.50. The van der Waals surface area contributed by atoms with E-state index in [1.54, 1.807) is 0 Å². The first-order chi connectivity index (χ1) is 9.52. The summed E-state index contributed by atoms with van der Waals surface area (Å²) in [7, 11) is 0. The number of carboxylic acid groups (broad SMARTS) is 2. The quantitative estimate of drug-likeness (QED) is 0.460. The van der Waals surface area contributed by atoms with Crippen LogP contribution in [0.5, 0.6) is 0 Å². The maximum absolute atomic E-state index is 10.9. The monoisotopic (exact) mass is 280 g/mol. The lowest BCUT2D eigenvalue weighted by molar-refractivity contribution is -0.140. The standard InChI is InChI=1S/C12H16N4O4/c13-7-3-1-5-9(11(17)18)15-16-10(12(19)20)6-2-4-8-14/h9-10H,1-6H2,(H,17,18)(H,19,20). The van der Waals surface area contributed by atoms with Crippen molar-refractivity contribution >= 4 is 11.9 Å². The lowest BCUT2D eigenvalue weighted by Gasteiger charge is -2.07. The van der Waals surface area contributed by atoms with Gasteiger partial charge in [0, 0.05) is 12.8 Å². The van der Waals surface area contributed by atoms with Gasteiger partial charge in [0.2, 0.25) is 0 Å². The van der Waals surface area contributed by atoms with E-state index >= 15 is 0 Å². The molecular weight excluding hydrogens is 264 g/mol. The molecule has 2 N–H and O–H groups in total. The van der Waals surface area contributed by atoms with Crippen LogP contribution >= 0.6 is 0 Å². The van der Waals surface area contributed by atoms with E-state index in [4.69, 9.17) is 20.7 Å². The van der Waals surface area contributed by atoms with Gasteiger partial charge in [-0.2, -0.15) is 20.8 Å². The summed E-state index contributed by atoms with van der Waals surface area (Å²) in [6.45, 7) is 0. The van der Waals surface area contributed by atoms with Crippen molar-refractivity contribution < 1.29 is 19.8 Å². The average molecular weight is 280 g/mol. The molecule has 8 heteroatoms. The van der Waals surface area contributed by atoms with E-state index < -0.39 is 24.0 Å². The normalized spacial score (nSPS) is 13.3. The summed E-state index contributed by atoms with van der Waals surface area (Å²) in [5, 5.41) is 41.7. The van der Waals surface area contributed by atoms with Crippen molar-refractivity contribution in [3.63, 3.8) is 0 Å². The number of nitrogens with zero attached hydrogens (tertiary/aromatic N) is 4. The molecule has 0 amide bonds. The van der Waals surface area contributed by atoms with Gasteiger partial charge in [-0.15, -0.1) is 0 Å². The third kappa shape index (κ3) is 7.77. The summed E-state index contributed by atoms with van der Waals surface area (Å²) in [6.07, 6.45) is 1.42. The maximum atomic E-state index is 10.9. The predicted molar refractivity (Wildman–Crippen MR) is 66.6 cm³/mol. The lowest BCUT2D eigenvalue weighted by atomic mass is 10.1. The van der Waals surface area contributed by atoms with E-state index in [0.717, 1.165) is 0 Å². The fourth-order valence-corrected chi connectivity index (χ4v) is 1.37. The van der Waals surface area contributed by atoms with Gasteiger partial charge in [-0.05, 0) is 25.7 Å². The lowest BCUT2D eigenvalue weighted by Crippen LogP contribution is -2.21. The first kappa shape index (κ1) is 17.5. The van der Waals surface area contributed by atoms with Crippen LogP contribution in [0, 0.1) is 22.7 Å². The Bertz CT molecular complexity index is 396. The third-order valence-electron chi connectivity index (χ3n) is 2.45. The van der Waals surface area contributed by atoms with Crippen molar-refractivity contribution in [2.75, 3.05) is 0 Å².